The highest BCUT2D eigenvalue weighted by atomic mass is 32.1. The molecule has 2 aromatic heterocycles. The van der Waals surface area contributed by atoms with E-state index in [2.05, 4.69) is 5.32 Å². The number of thiophene rings is 1. The number of aromatic nitrogens is 2. The molecule has 4 aromatic rings. The van der Waals surface area contributed by atoms with Crippen molar-refractivity contribution in [2.24, 2.45) is 0 Å². The van der Waals surface area contributed by atoms with E-state index >= 15 is 0 Å². The zero-order chi connectivity index (χ0) is 19.6. The summed E-state index contributed by atoms with van der Waals surface area (Å²) in [7, 11) is 0. The molecule has 1 atom stereocenters. The summed E-state index contributed by atoms with van der Waals surface area (Å²) in [4.78, 5) is 14.3. The molecule has 0 radical (unpaired) electrons. The highest BCUT2D eigenvalue weighted by molar-refractivity contribution is 7.13. The molecule has 0 unspecified atom stereocenters. The van der Waals surface area contributed by atoms with E-state index in [-0.39, 0.29) is 11.9 Å². The van der Waals surface area contributed by atoms with Crippen LogP contribution in [0, 0.1) is 0 Å². The van der Waals surface area contributed by atoms with E-state index in [4.69, 9.17) is 9.84 Å². The standard InChI is InChI=1S/C23H19N3O2S/c27-23(24-19-12-13-28-20-10-5-4-9-17(19)20)18-15-26(16-7-2-1-3-8-16)25-22(18)21-11-6-14-29-21/h1-11,14-15,19H,12-13H2,(H,24,27)/t19-/m1/s1. The number of rotatable bonds is 4. The maximum Gasteiger partial charge on any atom is 0.255 e. The molecule has 3 heterocycles. The van der Waals surface area contributed by atoms with Gasteiger partial charge in [-0.05, 0) is 29.6 Å². The van der Waals surface area contributed by atoms with Gasteiger partial charge in [0.15, 0.2) is 0 Å². The van der Waals surface area contributed by atoms with Crippen LogP contribution in [0.5, 0.6) is 5.75 Å². The minimum absolute atomic E-state index is 0.0799. The fourth-order valence-corrected chi connectivity index (χ4v) is 4.30. The number of nitrogens with zero attached hydrogens (tertiary/aromatic N) is 2. The summed E-state index contributed by atoms with van der Waals surface area (Å²) in [6.07, 6.45) is 2.55. The summed E-state index contributed by atoms with van der Waals surface area (Å²) in [5, 5.41) is 9.91. The Balaban J connectivity index is 1.50. The van der Waals surface area contributed by atoms with Crippen molar-refractivity contribution in [3.05, 3.63) is 89.4 Å². The number of hydrogen-bond donors (Lipinski definition) is 1. The predicted molar refractivity (Wildman–Crippen MR) is 114 cm³/mol. The second-order valence-corrected chi connectivity index (χ2v) is 7.80. The molecule has 0 aliphatic carbocycles. The number of amides is 1. The second-order valence-electron chi connectivity index (χ2n) is 6.85. The third kappa shape index (κ3) is 3.43. The van der Waals surface area contributed by atoms with E-state index in [1.165, 1.54) is 0 Å². The van der Waals surface area contributed by atoms with Gasteiger partial charge in [-0.25, -0.2) is 4.68 Å². The molecule has 29 heavy (non-hydrogen) atoms. The van der Waals surface area contributed by atoms with Gasteiger partial charge in [-0.1, -0.05) is 42.5 Å². The molecule has 2 aromatic carbocycles. The number of nitrogens with one attached hydrogen (secondary N) is 1. The lowest BCUT2D eigenvalue weighted by atomic mass is 10.00. The van der Waals surface area contributed by atoms with Crippen LogP contribution in [0.15, 0.2) is 78.3 Å². The van der Waals surface area contributed by atoms with Crippen molar-refractivity contribution in [3.8, 4) is 22.0 Å². The first-order valence-corrected chi connectivity index (χ1v) is 10.4. The Kier molecular flexibility index (Phi) is 4.62. The molecule has 0 saturated heterocycles. The lowest BCUT2D eigenvalue weighted by Gasteiger charge is -2.26. The second kappa shape index (κ2) is 7.56. The van der Waals surface area contributed by atoms with Gasteiger partial charge in [0, 0.05) is 18.2 Å². The van der Waals surface area contributed by atoms with E-state index in [1.807, 2.05) is 78.3 Å². The van der Waals surface area contributed by atoms with Gasteiger partial charge >= 0.3 is 0 Å². The Morgan fingerprint density at radius 3 is 2.72 bits per heavy atom. The summed E-state index contributed by atoms with van der Waals surface area (Å²) in [5.74, 6) is 0.708. The van der Waals surface area contributed by atoms with Crippen molar-refractivity contribution in [2.45, 2.75) is 12.5 Å². The topological polar surface area (TPSA) is 56.1 Å². The van der Waals surface area contributed by atoms with Gasteiger partial charge in [-0.2, -0.15) is 5.10 Å². The lowest BCUT2D eigenvalue weighted by molar-refractivity contribution is 0.0925. The smallest absolute Gasteiger partial charge is 0.255 e. The SMILES string of the molecule is O=C(N[C@@H]1CCOc2ccccc21)c1cn(-c2ccccc2)nc1-c1cccs1. The van der Waals surface area contributed by atoms with Gasteiger partial charge in [0.05, 0.1) is 28.8 Å². The summed E-state index contributed by atoms with van der Waals surface area (Å²) < 4.78 is 7.49. The molecule has 6 heteroatoms. The number of carbonyl (C=O) groups excluding carboxylic acids is 1. The van der Waals surface area contributed by atoms with E-state index < -0.39 is 0 Å². The quantitative estimate of drug-likeness (QED) is 0.532. The largest absolute Gasteiger partial charge is 0.493 e. The van der Waals surface area contributed by atoms with Crippen molar-refractivity contribution in [1.29, 1.82) is 0 Å². The minimum Gasteiger partial charge on any atom is -0.493 e. The Morgan fingerprint density at radius 2 is 1.90 bits per heavy atom. The average molecular weight is 401 g/mol. The van der Waals surface area contributed by atoms with Crippen LogP contribution in [-0.4, -0.2) is 22.3 Å². The van der Waals surface area contributed by atoms with Crippen LogP contribution in [0.25, 0.3) is 16.3 Å². The molecule has 1 amide bonds. The maximum atomic E-state index is 13.3. The zero-order valence-electron chi connectivity index (χ0n) is 15.6. The number of fused-ring (bicyclic) bond motifs is 1. The molecule has 5 nitrogen and oxygen atoms in total. The monoisotopic (exact) mass is 401 g/mol. The Morgan fingerprint density at radius 1 is 1.07 bits per heavy atom. The van der Waals surface area contributed by atoms with Crippen LogP contribution in [0.1, 0.15) is 28.4 Å². The van der Waals surface area contributed by atoms with Gasteiger partial charge in [-0.3, -0.25) is 4.79 Å². The summed E-state index contributed by atoms with van der Waals surface area (Å²) in [5.41, 5.74) is 3.20. The Labute approximate surface area is 172 Å². The van der Waals surface area contributed by atoms with Gasteiger partial charge in [-0.15, -0.1) is 11.3 Å². The maximum absolute atomic E-state index is 13.3. The number of para-hydroxylation sites is 2. The van der Waals surface area contributed by atoms with Crippen LogP contribution in [0.4, 0.5) is 0 Å². The lowest BCUT2D eigenvalue weighted by Crippen LogP contribution is -2.32. The van der Waals surface area contributed by atoms with Crippen LogP contribution in [-0.2, 0) is 0 Å². The first kappa shape index (κ1) is 17.7. The normalized spacial score (nSPS) is 15.4. The van der Waals surface area contributed by atoms with Crippen molar-refractivity contribution < 1.29 is 9.53 Å². The van der Waals surface area contributed by atoms with Gasteiger partial charge < -0.3 is 10.1 Å². The molecule has 1 N–H and O–H groups in total. The van der Waals surface area contributed by atoms with E-state index in [0.29, 0.717) is 17.9 Å². The fraction of sp³-hybridized carbons (Fsp3) is 0.130. The van der Waals surface area contributed by atoms with Crippen molar-refractivity contribution in [1.82, 2.24) is 15.1 Å². The van der Waals surface area contributed by atoms with E-state index in [0.717, 1.165) is 28.3 Å². The third-order valence-corrected chi connectivity index (χ3v) is 5.87. The molecule has 0 fully saturated rings. The highest BCUT2D eigenvalue weighted by Crippen LogP contribution is 2.33. The van der Waals surface area contributed by atoms with Gasteiger partial charge in [0.2, 0.25) is 0 Å². The molecule has 0 bridgehead atoms. The molecular weight excluding hydrogens is 382 g/mol. The van der Waals surface area contributed by atoms with Crippen molar-refractivity contribution in [2.75, 3.05) is 6.61 Å². The fourth-order valence-electron chi connectivity index (χ4n) is 3.58. The highest BCUT2D eigenvalue weighted by Gasteiger charge is 2.26. The molecule has 144 valence electrons. The molecular formula is C23H19N3O2S. The minimum atomic E-state index is -0.128. The first-order chi connectivity index (χ1) is 14.3. The first-order valence-electron chi connectivity index (χ1n) is 9.51. The third-order valence-electron chi connectivity index (χ3n) is 5.00. The molecule has 1 aliphatic rings. The molecule has 5 rings (SSSR count). The average Bonchev–Trinajstić information content (AvgIpc) is 3.45. The van der Waals surface area contributed by atoms with Crippen molar-refractivity contribution >= 4 is 17.2 Å². The van der Waals surface area contributed by atoms with E-state index in [1.54, 1.807) is 16.0 Å². The molecule has 1 aliphatic heterocycles. The number of carbonyl (C=O) groups is 1. The van der Waals surface area contributed by atoms with Crippen LogP contribution >= 0.6 is 11.3 Å². The molecule has 0 saturated carbocycles. The Bertz CT molecular complexity index is 1140. The summed E-state index contributed by atoms with van der Waals surface area (Å²) >= 11 is 1.57. The predicted octanol–water partition coefficient (Wildman–Crippen LogP) is 4.85. The van der Waals surface area contributed by atoms with Gasteiger partial charge in [0.25, 0.3) is 5.91 Å². The summed E-state index contributed by atoms with van der Waals surface area (Å²) in [6.45, 7) is 0.586. The van der Waals surface area contributed by atoms with E-state index in [9.17, 15) is 4.79 Å². The summed E-state index contributed by atoms with van der Waals surface area (Å²) in [6, 6.07) is 21.6. The van der Waals surface area contributed by atoms with Crippen LogP contribution in [0.2, 0.25) is 0 Å². The Hall–Kier alpha value is -3.38. The number of benzene rings is 2. The van der Waals surface area contributed by atoms with Crippen LogP contribution < -0.4 is 10.1 Å². The van der Waals surface area contributed by atoms with Crippen molar-refractivity contribution in [3.63, 3.8) is 0 Å². The molecule has 0 spiro atoms. The van der Waals surface area contributed by atoms with Gasteiger partial charge in [0.1, 0.15) is 11.4 Å². The zero-order valence-corrected chi connectivity index (χ0v) is 16.4. The number of hydrogen-bond acceptors (Lipinski definition) is 4. The number of ether oxygens (including phenoxy) is 1. The van der Waals surface area contributed by atoms with Crippen LogP contribution in [0.3, 0.4) is 0 Å².